The van der Waals surface area contributed by atoms with Crippen molar-refractivity contribution in [3.63, 3.8) is 0 Å². The summed E-state index contributed by atoms with van der Waals surface area (Å²) in [6.45, 7) is 0.553. The highest BCUT2D eigenvalue weighted by molar-refractivity contribution is 5.97. The predicted molar refractivity (Wildman–Crippen MR) is 67.1 cm³/mol. The summed E-state index contributed by atoms with van der Waals surface area (Å²) in [4.78, 5) is 25.2. The Kier molecular flexibility index (Phi) is 2.69. The summed E-state index contributed by atoms with van der Waals surface area (Å²) in [5, 5.41) is 9.26. The molecule has 1 N–H and O–H groups in total. The van der Waals surface area contributed by atoms with Crippen LogP contribution in [0.3, 0.4) is 0 Å². The van der Waals surface area contributed by atoms with Crippen molar-refractivity contribution in [3.8, 4) is 5.75 Å². The molecule has 1 aliphatic heterocycles. The highest BCUT2D eigenvalue weighted by Gasteiger charge is 2.57. The number of carboxylic acid groups (broad SMARTS) is 1. The Morgan fingerprint density at radius 1 is 1.42 bits per heavy atom. The zero-order valence-electron chi connectivity index (χ0n) is 10.6. The highest BCUT2D eigenvalue weighted by Crippen LogP contribution is 2.49. The summed E-state index contributed by atoms with van der Waals surface area (Å²) >= 11 is 0. The van der Waals surface area contributed by atoms with E-state index < -0.39 is 12.0 Å². The van der Waals surface area contributed by atoms with Gasteiger partial charge < -0.3 is 14.7 Å². The quantitative estimate of drug-likeness (QED) is 0.889. The number of carbonyl (C=O) groups excluding carboxylic acids is 1. The van der Waals surface area contributed by atoms with Gasteiger partial charge in [-0.2, -0.15) is 0 Å². The van der Waals surface area contributed by atoms with Gasteiger partial charge in [0.2, 0.25) is 0 Å². The topological polar surface area (TPSA) is 66.8 Å². The number of nitrogens with zero attached hydrogens (tertiary/aromatic N) is 1. The maximum Gasteiger partial charge on any atom is 0.326 e. The van der Waals surface area contributed by atoms with E-state index in [1.54, 1.807) is 24.3 Å². The van der Waals surface area contributed by atoms with Gasteiger partial charge >= 0.3 is 5.97 Å². The van der Waals surface area contributed by atoms with Crippen molar-refractivity contribution >= 4 is 11.9 Å². The lowest BCUT2D eigenvalue weighted by molar-refractivity contribution is -0.142. The van der Waals surface area contributed by atoms with Gasteiger partial charge in [-0.3, -0.25) is 4.79 Å². The van der Waals surface area contributed by atoms with Crippen LogP contribution >= 0.6 is 0 Å². The summed E-state index contributed by atoms with van der Waals surface area (Å²) < 4.78 is 5.08. The number of aliphatic carboxylic acids is 1. The number of hydrogen-bond acceptors (Lipinski definition) is 3. The maximum absolute atomic E-state index is 12.4. The van der Waals surface area contributed by atoms with Gasteiger partial charge in [0, 0.05) is 12.1 Å². The molecule has 0 bridgehead atoms. The van der Waals surface area contributed by atoms with Crippen molar-refractivity contribution in [2.24, 2.45) is 11.8 Å². The number of piperidine rings is 1. The van der Waals surface area contributed by atoms with Gasteiger partial charge in [0.25, 0.3) is 5.91 Å². The maximum atomic E-state index is 12.4. The molecule has 0 aromatic heterocycles. The molecule has 1 aromatic carbocycles. The minimum absolute atomic E-state index is 0.145. The van der Waals surface area contributed by atoms with Gasteiger partial charge in [0.1, 0.15) is 11.8 Å². The molecule has 1 aliphatic carbocycles. The summed E-state index contributed by atoms with van der Waals surface area (Å²) in [7, 11) is 1.54. The normalized spacial score (nSPS) is 27.8. The fourth-order valence-electron chi connectivity index (χ4n) is 2.91. The monoisotopic (exact) mass is 261 g/mol. The van der Waals surface area contributed by atoms with Crippen molar-refractivity contribution in [2.75, 3.05) is 13.7 Å². The van der Waals surface area contributed by atoms with Gasteiger partial charge in [0.05, 0.1) is 7.11 Å². The summed E-state index contributed by atoms with van der Waals surface area (Å²) in [6, 6.07) is 6.16. The smallest absolute Gasteiger partial charge is 0.326 e. The molecule has 1 heterocycles. The number of methoxy groups -OCH3 is 1. The van der Waals surface area contributed by atoms with Gasteiger partial charge in [-0.05, 0) is 36.5 Å². The molecule has 2 fully saturated rings. The third-order valence-electron chi connectivity index (χ3n) is 3.98. The first-order valence-electron chi connectivity index (χ1n) is 6.29. The second kappa shape index (κ2) is 4.26. The van der Waals surface area contributed by atoms with E-state index in [1.807, 2.05) is 0 Å². The summed E-state index contributed by atoms with van der Waals surface area (Å²) in [6.07, 6.45) is 0.929. The zero-order chi connectivity index (χ0) is 13.6. The number of amides is 1. The van der Waals surface area contributed by atoms with Crippen molar-refractivity contribution in [2.45, 2.75) is 12.5 Å². The van der Waals surface area contributed by atoms with E-state index in [0.29, 0.717) is 23.8 Å². The Bertz CT molecular complexity index is 542. The second-order valence-corrected chi connectivity index (χ2v) is 5.13. The van der Waals surface area contributed by atoms with Crippen molar-refractivity contribution in [1.82, 2.24) is 4.90 Å². The molecular weight excluding hydrogens is 246 g/mol. The number of likely N-dealkylation sites (tertiary alicyclic amines) is 1. The Balaban J connectivity index is 1.85. The molecule has 5 nitrogen and oxygen atoms in total. The van der Waals surface area contributed by atoms with E-state index in [4.69, 9.17) is 4.74 Å². The first-order chi connectivity index (χ1) is 9.11. The van der Waals surface area contributed by atoms with Gasteiger partial charge in [-0.15, -0.1) is 0 Å². The molecule has 2 aliphatic rings. The van der Waals surface area contributed by atoms with E-state index in [0.717, 1.165) is 6.42 Å². The molecule has 5 heteroatoms. The lowest BCUT2D eigenvalue weighted by atomic mass is 10.1. The Morgan fingerprint density at radius 2 is 2.21 bits per heavy atom. The molecule has 0 spiro atoms. The van der Waals surface area contributed by atoms with E-state index in [1.165, 1.54) is 12.0 Å². The largest absolute Gasteiger partial charge is 0.497 e. The highest BCUT2D eigenvalue weighted by atomic mass is 16.5. The van der Waals surface area contributed by atoms with Crippen LogP contribution in [-0.2, 0) is 4.79 Å². The third kappa shape index (κ3) is 1.95. The van der Waals surface area contributed by atoms with Crippen LogP contribution in [0.1, 0.15) is 16.8 Å². The average Bonchev–Trinajstić information content (AvgIpc) is 3.07. The third-order valence-corrected chi connectivity index (χ3v) is 3.98. The number of carbonyl (C=O) groups is 2. The molecule has 3 atom stereocenters. The van der Waals surface area contributed by atoms with Gasteiger partial charge in [-0.1, -0.05) is 6.07 Å². The number of rotatable bonds is 3. The Labute approximate surface area is 110 Å². The number of hydrogen-bond donors (Lipinski definition) is 1. The van der Waals surface area contributed by atoms with Crippen molar-refractivity contribution < 1.29 is 19.4 Å². The molecule has 1 saturated heterocycles. The fraction of sp³-hybridized carbons (Fsp3) is 0.429. The average molecular weight is 261 g/mol. The molecular formula is C14H15NO4. The lowest BCUT2D eigenvalue weighted by Gasteiger charge is -2.24. The molecule has 100 valence electrons. The van der Waals surface area contributed by atoms with E-state index >= 15 is 0 Å². The van der Waals surface area contributed by atoms with Crippen LogP contribution in [0.2, 0.25) is 0 Å². The van der Waals surface area contributed by atoms with Crippen LogP contribution in [-0.4, -0.2) is 41.6 Å². The summed E-state index contributed by atoms with van der Waals surface area (Å²) in [5.74, 6) is -0.00968. The fourth-order valence-corrected chi connectivity index (χ4v) is 2.91. The first kappa shape index (κ1) is 12.0. The Hall–Kier alpha value is -2.04. The minimum Gasteiger partial charge on any atom is -0.497 e. The van der Waals surface area contributed by atoms with Crippen molar-refractivity contribution in [1.29, 1.82) is 0 Å². The van der Waals surface area contributed by atoms with Gasteiger partial charge in [-0.25, -0.2) is 4.79 Å². The zero-order valence-corrected chi connectivity index (χ0v) is 10.6. The van der Waals surface area contributed by atoms with E-state index in [-0.39, 0.29) is 11.8 Å². The molecule has 1 saturated carbocycles. The SMILES string of the molecule is COc1cccc(C(=O)N2CC3CC3C2C(=O)O)c1. The lowest BCUT2D eigenvalue weighted by Crippen LogP contribution is -2.43. The number of benzene rings is 1. The van der Waals surface area contributed by atoms with Gasteiger partial charge in [0.15, 0.2) is 0 Å². The van der Waals surface area contributed by atoms with Crippen LogP contribution in [0.15, 0.2) is 24.3 Å². The van der Waals surface area contributed by atoms with E-state index in [9.17, 15) is 14.7 Å². The first-order valence-corrected chi connectivity index (χ1v) is 6.29. The number of carboxylic acids is 1. The molecule has 1 aromatic rings. The molecule has 3 unspecified atom stereocenters. The molecule has 3 rings (SSSR count). The van der Waals surface area contributed by atoms with Crippen LogP contribution in [0, 0.1) is 11.8 Å². The second-order valence-electron chi connectivity index (χ2n) is 5.13. The number of ether oxygens (including phenoxy) is 1. The van der Waals surface area contributed by atoms with Crippen LogP contribution in [0.5, 0.6) is 5.75 Å². The van der Waals surface area contributed by atoms with Crippen LogP contribution in [0.4, 0.5) is 0 Å². The number of fused-ring (bicyclic) bond motifs is 1. The van der Waals surface area contributed by atoms with Crippen molar-refractivity contribution in [3.05, 3.63) is 29.8 Å². The minimum atomic E-state index is -0.902. The Morgan fingerprint density at radius 3 is 2.89 bits per heavy atom. The predicted octanol–water partition coefficient (Wildman–Crippen LogP) is 1.24. The molecule has 1 amide bonds. The summed E-state index contributed by atoms with van der Waals surface area (Å²) in [5.41, 5.74) is 0.479. The van der Waals surface area contributed by atoms with E-state index in [2.05, 4.69) is 0 Å². The van der Waals surface area contributed by atoms with Crippen LogP contribution < -0.4 is 4.74 Å². The molecule has 19 heavy (non-hydrogen) atoms. The standard InChI is InChI=1S/C14H15NO4/c1-19-10-4-2-3-8(5-10)13(16)15-7-9-6-11(9)12(15)14(17)18/h2-5,9,11-12H,6-7H2,1H3,(H,17,18). The molecule has 0 radical (unpaired) electrons. The van der Waals surface area contributed by atoms with Crippen LogP contribution in [0.25, 0.3) is 0 Å².